The molecule has 18 heavy (non-hydrogen) atoms. The van der Waals surface area contributed by atoms with Crippen molar-refractivity contribution in [3.05, 3.63) is 39.5 Å². The lowest BCUT2D eigenvalue weighted by molar-refractivity contribution is 0.366. The summed E-state index contributed by atoms with van der Waals surface area (Å²) < 4.78 is 11.5. The first-order valence-corrected chi connectivity index (χ1v) is 6.28. The first-order valence-electron chi connectivity index (χ1n) is 5.10. The van der Waals surface area contributed by atoms with Crippen LogP contribution in [-0.4, -0.2) is 17.1 Å². The van der Waals surface area contributed by atoms with Crippen LogP contribution in [0.4, 0.5) is 0 Å². The minimum atomic E-state index is 0.210. The molecule has 0 saturated heterocycles. The molecule has 4 nitrogen and oxygen atoms in total. The molecule has 1 heterocycles. The minimum Gasteiger partial charge on any atom is -0.467 e. The zero-order valence-corrected chi connectivity index (χ0v) is 12.1. The number of aromatic nitrogens is 2. The Labute approximate surface area is 118 Å². The number of benzene rings is 1. The smallest absolute Gasteiger partial charge is 0.319 e. The largest absolute Gasteiger partial charge is 0.467 e. The Bertz CT molecular complexity index is 578. The van der Waals surface area contributed by atoms with Crippen molar-refractivity contribution in [1.82, 2.24) is 9.97 Å². The Morgan fingerprint density at radius 2 is 2.11 bits per heavy atom. The Hall–Kier alpha value is -1.33. The van der Waals surface area contributed by atoms with Gasteiger partial charge in [-0.3, -0.25) is 0 Å². The van der Waals surface area contributed by atoms with Gasteiger partial charge in [0.2, 0.25) is 5.88 Å². The molecule has 6 heteroatoms. The zero-order valence-electron chi connectivity index (χ0n) is 9.78. The SMILES string of the molecule is COc1ncc(Cl)c(Oc2cc(Br)ccc2C)n1. The van der Waals surface area contributed by atoms with Crippen LogP contribution in [0.25, 0.3) is 0 Å². The second-order valence-corrected chi connectivity index (χ2v) is 4.84. The molecule has 0 bridgehead atoms. The lowest BCUT2D eigenvalue weighted by Gasteiger charge is -2.09. The van der Waals surface area contributed by atoms with Gasteiger partial charge in [0.15, 0.2) is 0 Å². The third kappa shape index (κ3) is 2.91. The molecule has 0 aliphatic rings. The topological polar surface area (TPSA) is 44.2 Å². The number of nitrogens with zero attached hydrogens (tertiary/aromatic N) is 2. The van der Waals surface area contributed by atoms with E-state index in [0.717, 1.165) is 10.0 Å². The minimum absolute atomic E-state index is 0.210. The monoisotopic (exact) mass is 328 g/mol. The third-order valence-electron chi connectivity index (χ3n) is 2.23. The van der Waals surface area contributed by atoms with E-state index in [1.165, 1.54) is 13.3 Å². The van der Waals surface area contributed by atoms with Gasteiger partial charge in [0.1, 0.15) is 10.8 Å². The van der Waals surface area contributed by atoms with Crippen molar-refractivity contribution >= 4 is 27.5 Å². The Morgan fingerprint density at radius 1 is 1.33 bits per heavy atom. The molecule has 0 amide bonds. The number of methoxy groups -OCH3 is 1. The maximum Gasteiger partial charge on any atom is 0.319 e. The van der Waals surface area contributed by atoms with E-state index >= 15 is 0 Å². The molecule has 0 radical (unpaired) electrons. The summed E-state index contributed by atoms with van der Waals surface area (Å²) in [5, 5.41) is 0.329. The lowest BCUT2D eigenvalue weighted by atomic mass is 10.2. The molecular weight excluding hydrogens is 320 g/mol. The highest BCUT2D eigenvalue weighted by Crippen LogP contribution is 2.31. The van der Waals surface area contributed by atoms with Crippen molar-refractivity contribution in [2.45, 2.75) is 6.92 Å². The molecule has 0 aliphatic heterocycles. The van der Waals surface area contributed by atoms with Gasteiger partial charge >= 0.3 is 6.01 Å². The van der Waals surface area contributed by atoms with E-state index in [-0.39, 0.29) is 11.9 Å². The number of aryl methyl sites for hydroxylation is 1. The molecule has 0 unspecified atom stereocenters. The standard InChI is InChI=1S/C12H10BrClN2O2/c1-7-3-4-8(13)5-10(7)18-11-9(14)6-15-12(16-11)17-2/h3-6H,1-2H3. The maximum atomic E-state index is 5.98. The molecule has 1 aromatic carbocycles. The summed E-state index contributed by atoms with van der Waals surface area (Å²) in [5.41, 5.74) is 0.979. The van der Waals surface area contributed by atoms with Crippen molar-refractivity contribution in [3.63, 3.8) is 0 Å². The van der Waals surface area contributed by atoms with E-state index in [2.05, 4.69) is 25.9 Å². The summed E-state index contributed by atoms with van der Waals surface area (Å²) in [6, 6.07) is 5.93. The first-order chi connectivity index (χ1) is 8.60. The van der Waals surface area contributed by atoms with Crippen molar-refractivity contribution in [3.8, 4) is 17.6 Å². The van der Waals surface area contributed by atoms with Crippen LogP contribution >= 0.6 is 27.5 Å². The molecule has 0 atom stereocenters. The van der Waals surface area contributed by atoms with Crippen LogP contribution in [0.3, 0.4) is 0 Å². The van der Waals surface area contributed by atoms with E-state index in [4.69, 9.17) is 21.1 Å². The van der Waals surface area contributed by atoms with Crippen molar-refractivity contribution in [2.24, 2.45) is 0 Å². The molecule has 2 aromatic rings. The highest BCUT2D eigenvalue weighted by molar-refractivity contribution is 9.10. The Kier molecular flexibility index (Phi) is 4.04. The predicted molar refractivity (Wildman–Crippen MR) is 72.5 cm³/mol. The molecule has 2 rings (SSSR count). The van der Waals surface area contributed by atoms with E-state index in [1.54, 1.807) is 0 Å². The van der Waals surface area contributed by atoms with Gasteiger partial charge in [0, 0.05) is 4.47 Å². The predicted octanol–water partition coefficient (Wildman–Crippen LogP) is 4.00. The fourth-order valence-corrected chi connectivity index (χ4v) is 1.76. The van der Waals surface area contributed by atoms with Gasteiger partial charge in [0.25, 0.3) is 0 Å². The molecule has 0 N–H and O–H groups in total. The summed E-state index contributed by atoms with van der Waals surface area (Å²) in [6.45, 7) is 1.94. The maximum absolute atomic E-state index is 5.98. The average molecular weight is 330 g/mol. The number of hydrogen-bond acceptors (Lipinski definition) is 4. The quantitative estimate of drug-likeness (QED) is 0.853. The second kappa shape index (κ2) is 5.54. The first kappa shape index (κ1) is 13.1. The van der Waals surface area contributed by atoms with Crippen LogP contribution < -0.4 is 9.47 Å². The van der Waals surface area contributed by atoms with Gasteiger partial charge in [-0.25, -0.2) is 4.98 Å². The van der Waals surface area contributed by atoms with Crippen molar-refractivity contribution < 1.29 is 9.47 Å². The summed E-state index contributed by atoms with van der Waals surface area (Å²) in [7, 11) is 1.48. The zero-order chi connectivity index (χ0) is 13.1. The molecule has 0 spiro atoms. The van der Waals surface area contributed by atoms with Gasteiger partial charge in [-0.2, -0.15) is 4.98 Å². The molecule has 0 fully saturated rings. The highest BCUT2D eigenvalue weighted by Gasteiger charge is 2.10. The number of ether oxygens (including phenoxy) is 2. The highest BCUT2D eigenvalue weighted by atomic mass is 79.9. The van der Waals surface area contributed by atoms with E-state index < -0.39 is 0 Å². The van der Waals surface area contributed by atoms with Gasteiger partial charge < -0.3 is 9.47 Å². The molecule has 0 saturated carbocycles. The molecule has 1 aromatic heterocycles. The normalized spacial score (nSPS) is 10.2. The van der Waals surface area contributed by atoms with Crippen LogP contribution in [0.1, 0.15) is 5.56 Å². The van der Waals surface area contributed by atoms with Gasteiger partial charge in [-0.1, -0.05) is 33.6 Å². The van der Waals surface area contributed by atoms with Crippen LogP contribution in [0.15, 0.2) is 28.9 Å². The van der Waals surface area contributed by atoms with E-state index in [9.17, 15) is 0 Å². The summed E-state index contributed by atoms with van der Waals surface area (Å²) in [5.74, 6) is 0.941. The van der Waals surface area contributed by atoms with Crippen LogP contribution in [0.2, 0.25) is 5.02 Å². The van der Waals surface area contributed by atoms with Crippen LogP contribution in [0, 0.1) is 6.92 Å². The van der Waals surface area contributed by atoms with Crippen molar-refractivity contribution in [2.75, 3.05) is 7.11 Å². The van der Waals surface area contributed by atoms with Gasteiger partial charge in [-0.15, -0.1) is 0 Å². The third-order valence-corrected chi connectivity index (χ3v) is 2.98. The number of rotatable bonds is 3. The summed E-state index contributed by atoms with van der Waals surface area (Å²) in [6.07, 6.45) is 1.44. The lowest BCUT2D eigenvalue weighted by Crippen LogP contribution is -1.96. The fraction of sp³-hybridized carbons (Fsp3) is 0.167. The van der Waals surface area contributed by atoms with Crippen LogP contribution in [-0.2, 0) is 0 Å². The van der Waals surface area contributed by atoms with Gasteiger partial charge in [-0.05, 0) is 24.6 Å². The molecular formula is C12H10BrClN2O2. The Morgan fingerprint density at radius 3 is 2.83 bits per heavy atom. The Balaban J connectivity index is 2.36. The average Bonchev–Trinajstić information content (AvgIpc) is 2.36. The van der Waals surface area contributed by atoms with E-state index in [0.29, 0.717) is 10.8 Å². The fourth-order valence-electron chi connectivity index (χ4n) is 1.29. The number of halogens is 2. The van der Waals surface area contributed by atoms with Gasteiger partial charge in [0.05, 0.1) is 13.3 Å². The molecule has 0 aliphatic carbocycles. The summed E-state index contributed by atoms with van der Waals surface area (Å²) in [4.78, 5) is 7.94. The second-order valence-electron chi connectivity index (χ2n) is 3.52. The van der Waals surface area contributed by atoms with Crippen LogP contribution in [0.5, 0.6) is 17.6 Å². The van der Waals surface area contributed by atoms with E-state index in [1.807, 2.05) is 25.1 Å². The molecule has 94 valence electrons. The van der Waals surface area contributed by atoms with Crippen molar-refractivity contribution in [1.29, 1.82) is 0 Å². The summed E-state index contributed by atoms with van der Waals surface area (Å²) >= 11 is 9.36. The number of hydrogen-bond donors (Lipinski definition) is 0.